The number of hydrogen-bond donors (Lipinski definition) is 3. The number of hydrogen-bond acceptors (Lipinski definition) is 7. The minimum atomic E-state index is -3.44. The van der Waals surface area contributed by atoms with Crippen molar-refractivity contribution in [2.24, 2.45) is 0 Å². The summed E-state index contributed by atoms with van der Waals surface area (Å²) < 4.78 is 32.6. The van der Waals surface area contributed by atoms with Crippen molar-refractivity contribution in [1.82, 2.24) is 10.3 Å². The normalized spacial score (nSPS) is 14.1. The van der Waals surface area contributed by atoms with Crippen LogP contribution < -0.4 is 25.4 Å². The van der Waals surface area contributed by atoms with E-state index in [2.05, 4.69) is 44.2 Å². The van der Waals surface area contributed by atoms with E-state index in [0.29, 0.717) is 29.2 Å². The van der Waals surface area contributed by atoms with Crippen LogP contribution in [0.5, 0.6) is 5.75 Å². The van der Waals surface area contributed by atoms with Gasteiger partial charge in [0, 0.05) is 55.3 Å². The van der Waals surface area contributed by atoms with Crippen LogP contribution in [0.15, 0.2) is 54.7 Å². The number of aromatic nitrogens is 1. The quantitative estimate of drug-likeness (QED) is 0.451. The summed E-state index contributed by atoms with van der Waals surface area (Å²) in [6.45, 7) is 5.79. The predicted molar refractivity (Wildman–Crippen MR) is 139 cm³/mol. The molecule has 34 heavy (non-hydrogen) atoms. The maximum absolute atomic E-state index is 12.3. The number of nitrogens with zero attached hydrogens (tertiary/aromatic N) is 2. The first-order valence-electron chi connectivity index (χ1n) is 11.4. The van der Waals surface area contributed by atoms with Gasteiger partial charge in [0.05, 0.1) is 18.6 Å². The van der Waals surface area contributed by atoms with E-state index in [1.165, 1.54) is 5.69 Å². The molecule has 1 fully saturated rings. The number of benzene rings is 2. The number of ether oxygens (including phenoxy) is 1. The van der Waals surface area contributed by atoms with E-state index in [9.17, 15) is 8.42 Å². The number of pyridine rings is 1. The van der Waals surface area contributed by atoms with Gasteiger partial charge in [-0.1, -0.05) is 19.1 Å². The minimum Gasteiger partial charge on any atom is -0.497 e. The Morgan fingerprint density at radius 1 is 1.06 bits per heavy atom. The van der Waals surface area contributed by atoms with Crippen LogP contribution >= 0.6 is 0 Å². The second kappa shape index (κ2) is 10.3. The monoisotopic (exact) mass is 481 g/mol. The second-order valence-corrected chi connectivity index (χ2v) is 10.2. The Kier molecular flexibility index (Phi) is 7.23. The summed E-state index contributed by atoms with van der Waals surface area (Å²) >= 11 is 0. The van der Waals surface area contributed by atoms with Crippen molar-refractivity contribution >= 4 is 27.2 Å². The molecule has 0 bridgehead atoms. The van der Waals surface area contributed by atoms with Gasteiger partial charge >= 0.3 is 0 Å². The van der Waals surface area contributed by atoms with E-state index in [4.69, 9.17) is 10.5 Å². The summed E-state index contributed by atoms with van der Waals surface area (Å²) in [6, 6.07) is 15.6. The molecule has 3 aromatic rings. The molecule has 0 aliphatic carbocycles. The maximum atomic E-state index is 12.3. The largest absolute Gasteiger partial charge is 0.497 e. The number of piperazine rings is 1. The van der Waals surface area contributed by atoms with E-state index in [1.54, 1.807) is 25.4 Å². The number of nitrogen functional groups attached to an aromatic ring is 1. The van der Waals surface area contributed by atoms with E-state index in [-0.39, 0.29) is 5.75 Å². The molecule has 1 aromatic heterocycles. The van der Waals surface area contributed by atoms with Crippen molar-refractivity contribution in [3.05, 3.63) is 54.7 Å². The highest BCUT2D eigenvalue weighted by atomic mass is 32.2. The van der Waals surface area contributed by atoms with Gasteiger partial charge in [0.1, 0.15) is 11.6 Å². The lowest BCUT2D eigenvalue weighted by Gasteiger charge is -2.29. The molecule has 0 spiro atoms. The molecule has 0 atom stereocenters. The SMILES string of the molecule is CCCS(=O)(=O)Nc1cc(OC)cc(-c2cc(-c3ccc(N4CCNCC4)cc3)cnc2N)c1. The molecule has 0 radical (unpaired) electrons. The van der Waals surface area contributed by atoms with Crippen LogP contribution in [0.3, 0.4) is 0 Å². The third-order valence-corrected chi connectivity index (χ3v) is 7.29. The predicted octanol–water partition coefficient (Wildman–Crippen LogP) is 3.57. The molecule has 180 valence electrons. The molecule has 8 nitrogen and oxygen atoms in total. The molecule has 2 heterocycles. The molecule has 4 N–H and O–H groups in total. The zero-order valence-corrected chi connectivity index (χ0v) is 20.4. The van der Waals surface area contributed by atoms with Crippen molar-refractivity contribution in [1.29, 1.82) is 0 Å². The van der Waals surface area contributed by atoms with Crippen LogP contribution in [0, 0.1) is 0 Å². The van der Waals surface area contributed by atoms with Gasteiger partial charge < -0.3 is 20.7 Å². The standard InChI is InChI=1S/C25H31N5O3S/c1-3-12-34(31,32)29-21-13-19(14-23(16-21)33-2)24-15-20(17-28-25(24)26)18-4-6-22(7-5-18)30-10-8-27-9-11-30/h4-7,13-17,27,29H,3,8-12H2,1-2H3,(H2,26,28). The average Bonchev–Trinajstić information content (AvgIpc) is 2.84. The van der Waals surface area contributed by atoms with Gasteiger partial charge in [-0.2, -0.15) is 0 Å². The summed E-state index contributed by atoms with van der Waals surface area (Å²) in [5, 5.41) is 3.37. The lowest BCUT2D eigenvalue weighted by atomic mass is 10.00. The molecule has 0 amide bonds. The van der Waals surface area contributed by atoms with E-state index < -0.39 is 10.0 Å². The molecule has 9 heteroatoms. The summed E-state index contributed by atoms with van der Waals surface area (Å²) in [6.07, 6.45) is 2.28. The number of rotatable bonds is 8. The first-order valence-corrected chi connectivity index (χ1v) is 13.1. The average molecular weight is 482 g/mol. The van der Waals surface area contributed by atoms with Gasteiger partial charge in [-0.05, 0) is 47.9 Å². The van der Waals surface area contributed by atoms with Crippen LogP contribution in [-0.4, -0.2) is 52.4 Å². The van der Waals surface area contributed by atoms with E-state index >= 15 is 0 Å². The van der Waals surface area contributed by atoms with E-state index in [1.807, 2.05) is 19.1 Å². The van der Waals surface area contributed by atoms with Crippen LogP contribution in [-0.2, 0) is 10.0 Å². The van der Waals surface area contributed by atoms with E-state index in [0.717, 1.165) is 42.9 Å². The Morgan fingerprint density at radius 2 is 1.79 bits per heavy atom. The molecular weight excluding hydrogens is 450 g/mol. The zero-order chi connectivity index (χ0) is 24.1. The Morgan fingerprint density at radius 3 is 2.47 bits per heavy atom. The van der Waals surface area contributed by atoms with Crippen LogP contribution in [0.1, 0.15) is 13.3 Å². The second-order valence-electron chi connectivity index (χ2n) is 8.31. The lowest BCUT2D eigenvalue weighted by Crippen LogP contribution is -2.43. The van der Waals surface area contributed by atoms with Crippen molar-refractivity contribution in [3.63, 3.8) is 0 Å². The Hall–Kier alpha value is -3.30. The maximum Gasteiger partial charge on any atom is 0.232 e. The molecule has 4 rings (SSSR count). The number of nitrogens with two attached hydrogens (primary N) is 1. The molecule has 0 unspecified atom stereocenters. The number of nitrogens with one attached hydrogen (secondary N) is 2. The summed E-state index contributed by atoms with van der Waals surface area (Å²) in [5.41, 5.74) is 11.2. The Bertz CT molecular complexity index is 1240. The van der Waals surface area contributed by atoms with Crippen molar-refractivity contribution in [2.75, 3.05) is 54.4 Å². The van der Waals surface area contributed by atoms with Gasteiger partial charge in [0.2, 0.25) is 10.0 Å². The molecule has 1 saturated heterocycles. The lowest BCUT2D eigenvalue weighted by molar-refractivity contribution is 0.415. The van der Waals surface area contributed by atoms with Crippen molar-refractivity contribution < 1.29 is 13.2 Å². The first-order chi connectivity index (χ1) is 16.4. The van der Waals surface area contributed by atoms with Gasteiger partial charge in [-0.3, -0.25) is 4.72 Å². The van der Waals surface area contributed by atoms with Crippen LogP contribution in [0.2, 0.25) is 0 Å². The zero-order valence-electron chi connectivity index (χ0n) is 19.5. The number of sulfonamides is 1. The Labute approximate surface area is 201 Å². The third kappa shape index (κ3) is 5.60. The summed E-state index contributed by atoms with van der Waals surface area (Å²) in [4.78, 5) is 6.78. The van der Waals surface area contributed by atoms with Crippen LogP contribution in [0.4, 0.5) is 17.2 Å². The molecule has 1 aliphatic rings. The highest BCUT2D eigenvalue weighted by Crippen LogP contribution is 2.34. The van der Waals surface area contributed by atoms with Gasteiger partial charge in [0.25, 0.3) is 0 Å². The van der Waals surface area contributed by atoms with Gasteiger partial charge in [-0.15, -0.1) is 0 Å². The fourth-order valence-electron chi connectivity index (χ4n) is 4.08. The Balaban J connectivity index is 1.66. The number of anilines is 3. The smallest absolute Gasteiger partial charge is 0.232 e. The van der Waals surface area contributed by atoms with Crippen molar-refractivity contribution in [2.45, 2.75) is 13.3 Å². The topological polar surface area (TPSA) is 110 Å². The molecular formula is C25H31N5O3S. The number of methoxy groups -OCH3 is 1. The van der Waals surface area contributed by atoms with Gasteiger partial charge in [-0.25, -0.2) is 13.4 Å². The summed E-state index contributed by atoms with van der Waals surface area (Å²) in [5.74, 6) is 0.927. The summed E-state index contributed by atoms with van der Waals surface area (Å²) in [7, 11) is -1.90. The van der Waals surface area contributed by atoms with Gasteiger partial charge in [0.15, 0.2) is 0 Å². The third-order valence-electron chi connectivity index (χ3n) is 5.80. The fraction of sp³-hybridized carbons (Fsp3) is 0.320. The van der Waals surface area contributed by atoms with Crippen molar-refractivity contribution in [3.8, 4) is 28.0 Å². The highest BCUT2D eigenvalue weighted by molar-refractivity contribution is 7.92. The fourth-order valence-corrected chi connectivity index (χ4v) is 5.20. The highest BCUT2D eigenvalue weighted by Gasteiger charge is 2.15. The molecule has 2 aromatic carbocycles. The minimum absolute atomic E-state index is 0.0443. The molecule has 1 aliphatic heterocycles. The molecule has 0 saturated carbocycles. The van der Waals surface area contributed by atoms with Crippen LogP contribution in [0.25, 0.3) is 22.3 Å². The first kappa shape index (κ1) is 23.8.